The molecule has 6 nitrogen and oxygen atoms in total. The molecule has 136 valence electrons. The van der Waals surface area contributed by atoms with Crippen molar-refractivity contribution in [2.24, 2.45) is 0 Å². The van der Waals surface area contributed by atoms with Crippen LogP contribution < -0.4 is 4.74 Å². The van der Waals surface area contributed by atoms with E-state index in [2.05, 4.69) is 14.8 Å². The Morgan fingerprint density at radius 2 is 2.08 bits per heavy atom. The van der Waals surface area contributed by atoms with Crippen molar-refractivity contribution in [3.63, 3.8) is 0 Å². The molecule has 0 radical (unpaired) electrons. The topological polar surface area (TPSA) is 66.2 Å². The second kappa shape index (κ2) is 7.07. The molecule has 0 atom stereocenters. The molecule has 0 fully saturated rings. The monoisotopic (exact) mass is 361 g/mol. The molecule has 0 saturated carbocycles. The van der Waals surface area contributed by atoms with E-state index in [-0.39, 0.29) is 5.75 Å². The Morgan fingerprint density at radius 1 is 1.31 bits per heavy atom. The predicted molar refractivity (Wildman–Crippen MR) is 91.3 cm³/mol. The van der Waals surface area contributed by atoms with E-state index >= 15 is 0 Å². The maximum atomic E-state index is 12.5. The van der Waals surface area contributed by atoms with Crippen LogP contribution in [-0.4, -0.2) is 34.5 Å². The van der Waals surface area contributed by atoms with Crippen LogP contribution in [0.15, 0.2) is 30.3 Å². The van der Waals surface area contributed by atoms with Crippen LogP contribution in [0.5, 0.6) is 5.75 Å². The van der Waals surface area contributed by atoms with Gasteiger partial charge in [-0.2, -0.15) is 13.9 Å². The third kappa shape index (κ3) is 3.22. The highest BCUT2D eigenvalue weighted by Gasteiger charge is 2.20. The Hall–Kier alpha value is -3.03. The van der Waals surface area contributed by atoms with Gasteiger partial charge in [-0.25, -0.2) is 14.5 Å². The van der Waals surface area contributed by atoms with Crippen molar-refractivity contribution in [2.45, 2.75) is 27.0 Å². The predicted octanol–water partition coefficient (Wildman–Crippen LogP) is 3.81. The van der Waals surface area contributed by atoms with Gasteiger partial charge in [-0.1, -0.05) is 12.1 Å². The number of ether oxygens (including phenoxy) is 2. The number of halogens is 2. The maximum absolute atomic E-state index is 12.5. The molecule has 0 spiro atoms. The van der Waals surface area contributed by atoms with Gasteiger partial charge >= 0.3 is 12.6 Å². The summed E-state index contributed by atoms with van der Waals surface area (Å²) >= 11 is 0. The van der Waals surface area contributed by atoms with Crippen LogP contribution in [0.3, 0.4) is 0 Å². The van der Waals surface area contributed by atoms with E-state index in [1.165, 1.54) is 19.2 Å². The number of aryl methyl sites for hydroxylation is 2. The van der Waals surface area contributed by atoms with Gasteiger partial charge in [0.05, 0.1) is 29.4 Å². The van der Waals surface area contributed by atoms with Crippen LogP contribution >= 0.6 is 0 Å². The molecule has 0 aliphatic rings. The fourth-order valence-corrected chi connectivity index (χ4v) is 2.82. The van der Waals surface area contributed by atoms with E-state index in [9.17, 15) is 13.6 Å². The Bertz CT molecular complexity index is 970. The second-order valence-corrected chi connectivity index (χ2v) is 5.55. The number of alkyl halides is 2. The summed E-state index contributed by atoms with van der Waals surface area (Å²) in [6.07, 6.45) is 0. The van der Waals surface area contributed by atoms with Gasteiger partial charge in [-0.15, -0.1) is 0 Å². The number of methoxy groups -OCH3 is 1. The second-order valence-electron chi connectivity index (χ2n) is 5.55. The highest BCUT2D eigenvalue weighted by Crippen LogP contribution is 2.29. The molecular formula is C18H17F2N3O3. The van der Waals surface area contributed by atoms with Crippen molar-refractivity contribution in [3.05, 3.63) is 41.6 Å². The summed E-state index contributed by atoms with van der Waals surface area (Å²) in [5.74, 6) is -0.503. The molecule has 0 aliphatic heterocycles. The third-order valence-electron chi connectivity index (χ3n) is 3.94. The lowest BCUT2D eigenvalue weighted by Gasteiger charge is -2.09. The minimum absolute atomic E-state index is 0.0131. The number of hydrogen-bond donors (Lipinski definition) is 0. The van der Waals surface area contributed by atoms with Crippen LogP contribution in [0.2, 0.25) is 0 Å². The first-order chi connectivity index (χ1) is 12.4. The highest BCUT2D eigenvalue weighted by molar-refractivity contribution is 6.04. The zero-order valence-corrected chi connectivity index (χ0v) is 14.5. The molecule has 2 aromatic heterocycles. The zero-order chi connectivity index (χ0) is 18.8. The lowest BCUT2D eigenvalue weighted by atomic mass is 10.1. The number of pyridine rings is 1. The molecule has 8 heteroatoms. The highest BCUT2D eigenvalue weighted by atomic mass is 19.3. The Morgan fingerprint density at radius 3 is 2.73 bits per heavy atom. The van der Waals surface area contributed by atoms with E-state index in [1.807, 2.05) is 6.92 Å². The Kier molecular flexibility index (Phi) is 4.83. The number of aromatic nitrogens is 3. The summed E-state index contributed by atoms with van der Waals surface area (Å²) in [5.41, 5.74) is 2.49. The van der Waals surface area contributed by atoms with E-state index in [1.54, 1.807) is 29.8 Å². The molecule has 3 aromatic rings. The number of rotatable bonds is 5. The summed E-state index contributed by atoms with van der Waals surface area (Å²) in [5, 5.41) is 5.01. The first-order valence-electron chi connectivity index (χ1n) is 7.96. The smallest absolute Gasteiger partial charge is 0.387 e. The van der Waals surface area contributed by atoms with Crippen molar-refractivity contribution in [3.8, 4) is 17.0 Å². The number of nitrogens with zero attached hydrogens (tertiary/aromatic N) is 3. The lowest BCUT2D eigenvalue weighted by Crippen LogP contribution is -2.05. The minimum atomic E-state index is -2.92. The number of carbonyl (C=O) groups is 1. The van der Waals surface area contributed by atoms with Gasteiger partial charge in [0.1, 0.15) is 5.75 Å². The van der Waals surface area contributed by atoms with E-state index in [0.717, 1.165) is 0 Å². The maximum Gasteiger partial charge on any atom is 0.387 e. The van der Waals surface area contributed by atoms with Gasteiger partial charge in [0, 0.05) is 12.1 Å². The fraction of sp³-hybridized carbons (Fsp3) is 0.278. The lowest BCUT2D eigenvalue weighted by molar-refractivity contribution is -0.0498. The SMILES string of the molecule is CCn1nc(C)c2c(C(=O)OC)cc(-c3cccc(OC(F)F)c3)nc21. The molecule has 0 N–H and O–H groups in total. The number of fused-ring (bicyclic) bond motifs is 1. The fourth-order valence-electron chi connectivity index (χ4n) is 2.82. The minimum Gasteiger partial charge on any atom is -0.465 e. The van der Waals surface area contributed by atoms with Gasteiger partial charge < -0.3 is 9.47 Å². The van der Waals surface area contributed by atoms with Gasteiger partial charge in [0.15, 0.2) is 5.65 Å². The van der Waals surface area contributed by atoms with Crippen LogP contribution in [0.25, 0.3) is 22.3 Å². The molecule has 0 aliphatic carbocycles. The van der Waals surface area contributed by atoms with Gasteiger partial charge in [0.25, 0.3) is 0 Å². The van der Waals surface area contributed by atoms with E-state index < -0.39 is 12.6 Å². The Balaban J connectivity index is 2.22. The average Bonchev–Trinajstić information content (AvgIpc) is 2.96. The number of benzene rings is 1. The van der Waals surface area contributed by atoms with Crippen LogP contribution in [0, 0.1) is 6.92 Å². The summed E-state index contributed by atoms with van der Waals surface area (Å²) in [6.45, 7) is 1.35. The number of esters is 1. The molecule has 26 heavy (non-hydrogen) atoms. The van der Waals surface area contributed by atoms with Crippen molar-refractivity contribution >= 4 is 17.0 Å². The standard InChI is InChI=1S/C18H17F2N3O3/c1-4-23-16-15(10(2)22-23)13(17(24)25-3)9-14(21-16)11-6-5-7-12(8-11)26-18(19)20/h5-9,18H,4H2,1-3H3. The van der Waals surface area contributed by atoms with Crippen LogP contribution in [0.4, 0.5) is 8.78 Å². The number of carbonyl (C=O) groups excluding carboxylic acids is 1. The first-order valence-corrected chi connectivity index (χ1v) is 7.96. The molecular weight excluding hydrogens is 344 g/mol. The normalized spacial score (nSPS) is 11.2. The van der Waals surface area contributed by atoms with Crippen LogP contribution in [-0.2, 0) is 11.3 Å². The molecule has 2 heterocycles. The van der Waals surface area contributed by atoms with E-state index in [4.69, 9.17) is 4.74 Å². The molecule has 0 unspecified atom stereocenters. The average molecular weight is 361 g/mol. The van der Waals surface area contributed by atoms with E-state index in [0.29, 0.717) is 40.1 Å². The molecule has 0 amide bonds. The summed E-state index contributed by atoms with van der Waals surface area (Å²) in [6, 6.07) is 7.73. The molecule has 1 aromatic carbocycles. The van der Waals surface area contributed by atoms with Gasteiger partial charge in [-0.3, -0.25) is 0 Å². The zero-order valence-electron chi connectivity index (χ0n) is 14.5. The largest absolute Gasteiger partial charge is 0.465 e. The Labute approximate surface area is 148 Å². The van der Waals surface area contributed by atoms with Crippen molar-refractivity contribution in [2.75, 3.05) is 7.11 Å². The molecule has 0 saturated heterocycles. The molecule has 3 rings (SSSR count). The van der Waals surface area contributed by atoms with Gasteiger partial charge in [0.2, 0.25) is 0 Å². The number of hydrogen-bond acceptors (Lipinski definition) is 5. The van der Waals surface area contributed by atoms with Crippen molar-refractivity contribution in [1.29, 1.82) is 0 Å². The summed E-state index contributed by atoms with van der Waals surface area (Å²) in [7, 11) is 1.30. The van der Waals surface area contributed by atoms with Crippen molar-refractivity contribution in [1.82, 2.24) is 14.8 Å². The summed E-state index contributed by atoms with van der Waals surface area (Å²) in [4.78, 5) is 16.8. The van der Waals surface area contributed by atoms with Crippen LogP contribution in [0.1, 0.15) is 23.0 Å². The quantitative estimate of drug-likeness (QED) is 0.647. The van der Waals surface area contributed by atoms with Gasteiger partial charge in [-0.05, 0) is 32.0 Å². The summed E-state index contributed by atoms with van der Waals surface area (Å²) < 4.78 is 35.9. The third-order valence-corrected chi connectivity index (χ3v) is 3.94. The molecule has 0 bridgehead atoms. The van der Waals surface area contributed by atoms with Crippen molar-refractivity contribution < 1.29 is 23.0 Å². The first kappa shape index (κ1) is 17.8.